The minimum absolute atomic E-state index is 0.246. The molecular formula is C22H15NO3. The fraction of sp³-hybridized carbons (Fsp3) is 0. The standard InChI is InChI=1S/C22H15NO3/c24-22(25)19-14-21(23-20-9-5-4-8-18(19)20)15-10-12-17(13-11-15)26-16-6-2-1-3-7-16/h1-14H,(H,24,25). The van der Waals surface area contributed by atoms with Crippen LogP contribution in [0.4, 0.5) is 0 Å². The summed E-state index contributed by atoms with van der Waals surface area (Å²) in [6.45, 7) is 0. The Balaban J connectivity index is 1.70. The molecule has 0 radical (unpaired) electrons. The third-order valence-corrected chi connectivity index (χ3v) is 4.08. The minimum Gasteiger partial charge on any atom is -0.478 e. The third kappa shape index (κ3) is 3.13. The largest absolute Gasteiger partial charge is 0.478 e. The van der Waals surface area contributed by atoms with E-state index in [0.717, 1.165) is 11.3 Å². The van der Waals surface area contributed by atoms with E-state index in [1.54, 1.807) is 12.1 Å². The van der Waals surface area contributed by atoms with E-state index in [1.165, 1.54) is 0 Å². The number of hydrogen-bond donors (Lipinski definition) is 1. The monoisotopic (exact) mass is 341 g/mol. The van der Waals surface area contributed by atoms with Crippen molar-refractivity contribution in [2.45, 2.75) is 0 Å². The van der Waals surface area contributed by atoms with E-state index in [-0.39, 0.29) is 5.56 Å². The Hall–Kier alpha value is -3.66. The first kappa shape index (κ1) is 15.8. The topological polar surface area (TPSA) is 59.4 Å². The summed E-state index contributed by atoms with van der Waals surface area (Å²) in [5.74, 6) is 0.505. The highest BCUT2D eigenvalue weighted by atomic mass is 16.5. The molecule has 0 bridgehead atoms. The average Bonchev–Trinajstić information content (AvgIpc) is 2.68. The lowest BCUT2D eigenvalue weighted by Crippen LogP contribution is -2.00. The van der Waals surface area contributed by atoms with Gasteiger partial charge in [0.05, 0.1) is 16.8 Å². The lowest BCUT2D eigenvalue weighted by molar-refractivity contribution is 0.0699. The van der Waals surface area contributed by atoms with E-state index in [1.807, 2.05) is 72.8 Å². The van der Waals surface area contributed by atoms with Gasteiger partial charge in [-0.05, 0) is 48.5 Å². The predicted octanol–water partition coefficient (Wildman–Crippen LogP) is 5.39. The molecular weight excluding hydrogens is 326 g/mol. The molecule has 0 spiro atoms. The molecule has 0 amide bonds. The molecule has 0 fully saturated rings. The van der Waals surface area contributed by atoms with Crippen LogP contribution in [0.5, 0.6) is 11.5 Å². The van der Waals surface area contributed by atoms with Gasteiger partial charge in [0.1, 0.15) is 11.5 Å². The van der Waals surface area contributed by atoms with Crippen molar-refractivity contribution >= 4 is 16.9 Å². The van der Waals surface area contributed by atoms with Crippen molar-refractivity contribution in [1.82, 2.24) is 4.98 Å². The van der Waals surface area contributed by atoms with E-state index in [4.69, 9.17) is 4.74 Å². The minimum atomic E-state index is -0.964. The van der Waals surface area contributed by atoms with Gasteiger partial charge in [-0.25, -0.2) is 9.78 Å². The summed E-state index contributed by atoms with van der Waals surface area (Å²) >= 11 is 0. The maximum absolute atomic E-state index is 11.6. The highest BCUT2D eigenvalue weighted by molar-refractivity contribution is 6.03. The SMILES string of the molecule is O=C(O)c1cc(-c2ccc(Oc3ccccc3)cc2)nc2ccccc12. The fourth-order valence-electron chi connectivity index (χ4n) is 2.82. The smallest absolute Gasteiger partial charge is 0.336 e. The van der Waals surface area contributed by atoms with E-state index in [2.05, 4.69) is 4.98 Å². The summed E-state index contributed by atoms with van der Waals surface area (Å²) in [5.41, 5.74) is 2.35. The van der Waals surface area contributed by atoms with Crippen molar-refractivity contribution in [1.29, 1.82) is 0 Å². The maximum atomic E-state index is 11.6. The van der Waals surface area contributed by atoms with Gasteiger partial charge in [-0.1, -0.05) is 36.4 Å². The Bertz CT molecular complexity index is 1070. The van der Waals surface area contributed by atoms with Gasteiger partial charge in [-0.2, -0.15) is 0 Å². The second kappa shape index (κ2) is 6.69. The normalized spacial score (nSPS) is 10.6. The molecule has 1 aromatic heterocycles. The zero-order valence-corrected chi connectivity index (χ0v) is 13.8. The van der Waals surface area contributed by atoms with Crippen LogP contribution in [0.25, 0.3) is 22.2 Å². The Morgan fingerprint density at radius 1 is 0.808 bits per heavy atom. The molecule has 26 heavy (non-hydrogen) atoms. The highest BCUT2D eigenvalue weighted by Gasteiger charge is 2.12. The van der Waals surface area contributed by atoms with Crippen LogP contribution in [0.2, 0.25) is 0 Å². The molecule has 4 nitrogen and oxygen atoms in total. The second-order valence-corrected chi connectivity index (χ2v) is 5.82. The molecule has 1 N–H and O–H groups in total. The number of aromatic carboxylic acids is 1. The molecule has 4 rings (SSSR count). The lowest BCUT2D eigenvalue weighted by atomic mass is 10.0. The quantitative estimate of drug-likeness (QED) is 0.540. The average molecular weight is 341 g/mol. The number of aromatic nitrogens is 1. The number of para-hydroxylation sites is 2. The number of nitrogens with zero attached hydrogens (tertiary/aromatic N) is 1. The fourth-order valence-corrected chi connectivity index (χ4v) is 2.82. The first-order valence-corrected chi connectivity index (χ1v) is 8.17. The van der Waals surface area contributed by atoms with Crippen LogP contribution < -0.4 is 4.74 Å². The number of hydrogen-bond acceptors (Lipinski definition) is 3. The molecule has 0 saturated heterocycles. The second-order valence-electron chi connectivity index (χ2n) is 5.82. The molecule has 4 heteroatoms. The lowest BCUT2D eigenvalue weighted by Gasteiger charge is -2.09. The van der Waals surface area contributed by atoms with Crippen molar-refractivity contribution in [2.75, 3.05) is 0 Å². The first-order valence-electron chi connectivity index (χ1n) is 8.17. The number of ether oxygens (including phenoxy) is 1. The molecule has 0 saturated carbocycles. The Kier molecular flexibility index (Phi) is 4.07. The molecule has 3 aromatic carbocycles. The van der Waals surface area contributed by atoms with Crippen molar-refractivity contribution in [3.8, 4) is 22.8 Å². The zero-order chi connectivity index (χ0) is 17.9. The van der Waals surface area contributed by atoms with Gasteiger partial charge in [0, 0.05) is 10.9 Å². The van der Waals surface area contributed by atoms with Gasteiger partial charge in [-0.3, -0.25) is 0 Å². The van der Waals surface area contributed by atoms with Gasteiger partial charge >= 0.3 is 5.97 Å². The van der Waals surface area contributed by atoms with Crippen LogP contribution in [0.15, 0.2) is 84.9 Å². The summed E-state index contributed by atoms with van der Waals surface area (Å²) in [7, 11) is 0. The van der Waals surface area contributed by atoms with Gasteiger partial charge in [0.25, 0.3) is 0 Å². The van der Waals surface area contributed by atoms with Crippen LogP contribution in [-0.2, 0) is 0 Å². The number of fused-ring (bicyclic) bond motifs is 1. The number of benzene rings is 3. The third-order valence-electron chi connectivity index (χ3n) is 4.08. The maximum Gasteiger partial charge on any atom is 0.336 e. The molecule has 1 heterocycles. The van der Waals surface area contributed by atoms with E-state index < -0.39 is 5.97 Å². The highest BCUT2D eigenvalue weighted by Crippen LogP contribution is 2.28. The summed E-state index contributed by atoms with van der Waals surface area (Å²) in [5, 5.41) is 10.1. The van der Waals surface area contributed by atoms with Gasteiger partial charge < -0.3 is 9.84 Å². The summed E-state index contributed by atoms with van der Waals surface area (Å²) in [6, 6.07) is 25.8. The van der Waals surface area contributed by atoms with E-state index in [0.29, 0.717) is 22.3 Å². The van der Waals surface area contributed by atoms with Crippen LogP contribution in [0.3, 0.4) is 0 Å². The van der Waals surface area contributed by atoms with Crippen LogP contribution >= 0.6 is 0 Å². The van der Waals surface area contributed by atoms with Crippen molar-refractivity contribution in [2.24, 2.45) is 0 Å². The Morgan fingerprint density at radius 2 is 1.46 bits per heavy atom. The van der Waals surface area contributed by atoms with E-state index >= 15 is 0 Å². The molecule has 0 aliphatic heterocycles. The van der Waals surface area contributed by atoms with Crippen LogP contribution in [-0.4, -0.2) is 16.1 Å². The van der Waals surface area contributed by atoms with Crippen molar-refractivity contribution in [3.63, 3.8) is 0 Å². The van der Waals surface area contributed by atoms with Gasteiger partial charge in [-0.15, -0.1) is 0 Å². The summed E-state index contributed by atoms with van der Waals surface area (Å²) < 4.78 is 5.79. The first-order chi connectivity index (χ1) is 12.7. The molecule has 0 aliphatic rings. The Morgan fingerprint density at radius 3 is 2.19 bits per heavy atom. The summed E-state index contributed by atoms with van der Waals surface area (Å²) in [4.78, 5) is 16.2. The van der Waals surface area contributed by atoms with Crippen LogP contribution in [0, 0.1) is 0 Å². The van der Waals surface area contributed by atoms with E-state index in [9.17, 15) is 9.90 Å². The molecule has 0 atom stereocenters. The van der Waals surface area contributed by atoms with Gasteiger partial charge in [0.15, 0.2) is 0 Å². The Labute approximate surface area is 150 Å². The molecule has 0 unspecified atom stereocenters. The van der Waals surface area contributed by atoms with Crippen molar-refractivity contribution in [3.05, 3.63) is 90.5 Å². The number of carboxylic acid groups (broad SMARTS) is 1. The number of pyridine rings is 1. The molecule has 4 aromatic rings. The predicted molar refractivity (Wildman–Crippen MR) is 101 cm³/mol. The van der Waals surface area contributed by atoms with Gasteiger partial charge in [0.2, 0.25) is 0 Å². The number of carboxylic acids is 1. The van der Waals surface area contributed by atoms with Crippen LogP contribution in [0.1, 0.15) is 10.4 Å². The summed E-state index contributed by atoms with van der Waals surface area (Å²) in [6.07, 6.45) is 0. The number of carbonyl (C=O) groups is 1. The molecule has 126 valence electrons. The molecule has 0 aliphatic carbocycles. The number of rotatable bonds is 4. The van der Waals surface area contributed by atoms with Crippen molar-refractivity contribution < 1.29 is 14.6 Å². The zero-order valence-electron chi connectivity index (χ0n) is 13.8.